The first kappa shape index (κ1) is 16.4. The predicted octanol–water partition coefficient (Wildman–Crippen LogP) is -0.735. The number of hydrogen-bond acceptors (Lipinski definition) is 4. The van der Waals surface area contributed by atoms with Crippen molar-refractivity contribution >= 4 is 23.6 Å². The van der Waals surface area contributed by atoms with Crippen LogP contribution in [-0.4, -0.2) is 63.6 Å². The van der Waals surface area contributed by atoms with Crippen molar-refractivity contribution < 1.29 is 19.2 Å². The number of fused-ring (bicyclic) bond motifs is 1. The van der Waals surface area contributed by atoms with E-state index < -0.39 is 23.5 Å². The second kappa shape index (κ2) is 5.71. The van der Waals surface area contributed by atoms with Gasteiger partial charge in [-0.3, -0.25) is 19.2 Å². The van der Waals surface area contributed by atoms with Gasteiger partial charge in [-0.1, -0.05) is 0 Å². The molecule has 4 fully saturated rings. The van der Waals surface area contributed by atoms with Crippen LogP contribution in [0.2, 0.25) is 0 Å². The number of likely N-dealkylation sites (tertiary alicyclic amines) is 1. The lowest BCUT2D eigenvalue weighted by molar-refractivity contribution is -0.148. The molecule has 25 heavy (non-hydrogen) atoms. The summed E-state index contributed by atoms with van der Waals surface area (Å²) in [7, 11) is 0. The summed E-state index contributed by atoms with van der Waals surface area (Å²) < 4.78 is 0. The maximum Gasteiger partial charge on any atom is 0.249 e. The monoisotopic (exact) mass is 348 g/mol. The van der Waals surface area contributed by atoms with E-state index in [2.05, 4.69) is 5.32 Å². The molecule has 4 aliphatic heterocycles. The quantitative estimate of drug-likeness (QED) is 0.684. The van der Waals surface area contributed by atoms with Gasteiger partial charge < -0.3 is 20.9 Å². The molecule has 136 valence electrons. The number of amides is 4. The Morgan fingerprint density at radius 2 is 1.92 bits per heavy atom. The van der Waals surface area contributed by atoms with Crippen LogP contribution in [0.25, 0.3) is 0 Å². The Hall–Kier alpha value is -2.12. The molecule has 4 amide bonds. The first-order valence-corrected chi connectivity index (χ1v) is 9.16. The number of rotatable bonds is 2. The Morgan fingerprint density at radius 3 is 2.60 bits per heavy atom. The van der Waals surface area contributed by atoms with E-state index in [4.69, 9.17) is 5.73 Å². The molecule has 0 aliphatic carbocycles. The van der Waals surface area contributed by atoms with Gasteiger partial charge in [0.25, 0.3) is 0 Å². The van der Waals surface area contributed by atoms with Gasteiger partial charge in [-0.05, 0) is 44.9 Å². The Bertz CT molecular complexity index is 651. The van der Waals surface area contributed by atoms with Crippen LogP contribution < -0.4 is 11.1 Å². The van der Waals surface area contributed by atoms with Gasteiger partial charge in [0.05, 0.1) is 0 Å². The van der Waals surface area contributed by atoms with Crippen LogP contribution in [0.3, 0.4) is 0 Å². The van der Waals surface area contributed by atoms with E-state index in [1.54, 1.807) is 9.80 Å². The van der Waals surface area contributed by atoms with Crippen LogP contribution in [0.4, 0.5) is 0 Å². The molecule has 0 unspecified atom stereocenters. The fourth-order valence-corrected chi connectivity index (χ4v) is 5.07. The molecule has 3 N–H and O–H groups in total. The fraction of sp³-hybridized carbons (Fsp3) is 0.765. The molecule has 8 nitrogen and oxygen atoms in total. The third kappa shape index (κ3) is 2.41. The zero-order valence-electron chi connectivity index (χ0n) is 14.2. The highest BCUT2D eigenvalue weighted by atomic mass is 16.2. The predicted molar refractivity (Wildman–Crippen MR) is 86.9 cm³/mol. The molecule has 0 aromatic carbocycles. The molecular formula is C17H24N4O4. The maximum absolute atomic E-state index is 13.2. The SMILES string of the molecule is NC(=O)[C@H]1CC[C@@H]2CCC[C@H](N3CC[C@]4(CCC(=O)N4)C3=O)C(=O)N21. The van der Waals surface area contributed by atoms with Crippen LogP contribution in [-0.2, 0) is 19.2 Å². The number of primary amides is 1. The highest BCUT2D eigenvalue weighted by Crippen LogP contribution is 2.37. The highest BCUT2D eigenvalue weighted by Gasteiger charge is 2.55. The van der Waals surface area contributed by atoms with Crippen molar-refractivity contribution in [2.75, 3.05) is 6.54 Å². The Morgan fingerprint density at radius 1 is 1.12 bits per heavy atom. The third-order valence-corrected chi connectivity index (χ3v) is 6.37. The lowest BCUT2D eigenvalue weighted by Gasteiger charge is -2.33. The van der Waals surface area contributed by atoms with Gasteiger partial charge >= 0.3 is 0 Å². The Kier molecular flexibility index (Phi) is 3.73. The number of nitrogens with one attached hydrogen (secondary N) is 1. The van der Waals surface area contributed by atoms with Gasteiger partial charge in [0, 0.05) is 19.0 Å². The minimum atomic E-state index is -0.822. The van der Waals surface area contributed by atoms with Crippen LogP contribution in [0, 0.1) is 0 Å². The van der Waals surface area contributed by atoms with Crippen molar-refractivity contribution in [3.8, 4) is 0 Å². The normalized spacial score (nSPS) is 38.2. The molecular weight excluding hydrogens is 324 g/mol. The first-order chi connectivity index (χ1) is 11.9. The van der Waals surface area contributed by atoms with E-state index in [9.17, 15) is 19.2 Å². The summed E-state index contributed by atoms with van der Waals surface area (Å²) in [6.07, 6.45) is 5.08. The van der Waals surface area contributed by atoms with Crippen LogP contribution in [0.15, 0.2) is 0 Å². The molecule has 4 aliphatic rings. The van der Waals surface area contributed by atoms with E-state index in [0.717, 1.165) is 19.3 Å². The number of carbonyl (C=O) groups is 4. The molecule has 8 heteroatoms. The number of nitrogens with two attached hydrogens (primary N) is 1. The van der Waals surface area contributed by atoms with Crippen molar-refractivity contribution in [1.82, 2.24) is 15.1 Å². The summed E-state index contributed by atoms with van der Waals surface area (Å²) >= 11 is 0. The molecule has 0 aromatic heterocycles. The lowest BCUT2D eigenvalue weighted by Crippen LogP contribution is -2.56. The second-order valence-electron chi connectivity index (χ2n) is 7.72. The molecule has 1 spiro atoms. The van der Waals surface area contributed by atoms with E-state index >= 15 is 0 Å². The van der Waals surface area contributed by atoms with Gasteiger partial charge in [0.1, 0.15) is 17.6 Å². The molecule has 4 atom stereocenters. The second-order valence-corrected chi connectivity index (χ2v) is 7.72. The Balaban J connectivity index is 1.58. The van der Waals surface area contributed by atoms with Crippen LogP contribution >= 0.6 is 0 Å². The summed E-state index contributed by atoms with van der Waals surface area (Å²) in [6.45, 7) is 0.468. The van der Waals surface area contributed by atoms with Gasteiger partial charge in [-0.15, -0.1) is 0 Å². The van der Waals surface area contributed by atoms with Crippen LogP contribution in [0.5, 0.6) is 0 Å². The zero-order valence-corrected chi connectivity index (χ0v) is 14.2. The van der Waals surface area contributed by atoms with Crippen molar-refractivity contribution in [2.45, 2.75) is 75.0 Å². The summed E-state index contributed by atoms with van der Waals surface area (Å²) in [6, 6.07) is -1.06. The van der Waals surface area contributed by atoms with E-state index in [0.29, 0.717) is 38.6 Å². The van der Waals surface area contributed by atoms with Gasteiger partial charge in [0.15, 0.2) is 0 Å². The molecule has 0 radical (unpaired) electrons. The number of hydrogen-bond donors (Lipinski definition) is 2. The molecule has 0 bridgehead atoms. The summed E-state index contributed by atoms with van der Waals surface area (Å²) in [4.78, 5) is 52.8. The van der Waals surface area contributed by atoms with Crippen LogP contribution in [0.1, 0.15) is 51.4 Å². The minimum absolute atomic E-state index is 0.0489. The van der Waals surface area contributed by atoms with Gasteiger partial charge in [-0.25, -0.2) is 0 Å². The minimum Gasteiger partial charge on any atom is -0.368 e. The van der Waals surface area contributed by atoms with Crippen molar-refractivity contribution in [2.24, 2.45) is 5.73 Å². The summed E-state index contributed by atoms with van der Waals surface area (Å²) in [5, 5.41) is 2.82. The summed E-state index contributed by atoms with van der Waals surface area (Å²) in [5.74, 6) is -0.872. The van der Waals surface area contributed by atoms with E-state index in [1.165, 1.54) is 0 Å². The maximum atomic E-state index is 13.2. The Labute approximate surface area is 146 Å². The summed E-state index contributed by atoms with van der Waals surface area (Å²) in [5.41, 5.74) is 4.67. The zero-order chi connectivity index (χ0) is 17.8. The smallest absolute Gasteiger partial charge is 0.249 e. The fourth-order valence-electron chi connectivity index (χ4n) is 5.07. The average molecular weight is 348 g/mol. The van der Waals surface area contributed by atoms with E-state index in [-0.39, 0.29) is 23.8 Å². The average Bonchev–Trinajstić information content (AvgIpc) is 3.21. The molecule has 0 saturated carbocycles. The lowest BCUT2D eigenvalue weighted by atomic mass is 9.96. The molecule has 0 aromatic rings. The molecule has 4 heterocycles. The van der Waals surface area contributed by atoms with Crippen molar-refractivity contribution in [1.29, 1.82) is 0 Å². The van der Waals surface area contributed by atoms with Gasteiger partial charge in [-0.2, -0.15) is 0 Å². The topological polar surface area (TPSA) is 113 Å². The largest absolute Gasteiger partial charge is 0.368 e. The number of nitrogens with zero attached hydrogens (tertiary/aromatic N) is 2. The van der Waals surface area contributed by atoms with Crippen molar-refractivity contribution in [3.05, 3.63) is 0 Å². The first-order valence-electron chi connectivity index (χ1n) is 9.16. The van der Waals surface area contributed by atoms with E-state index in [1.807, 2.05) is 0 Å². The highest BCUT2D eigenvalue weighted by molar-refractivity contribution is 5.99. The molecule has 4 saturated heterocycles. The van der Waals surface area contributed by atoms with Gasteiger partial charge in [0.2, 0.25) is 23.6 Å². The molecule has 4 rings (SSSR count). The standard InChI is InChI=1S/C17H24N4O4/c18-14(23)11-5-4-10-2-1-3-12(15(24)21(10)11)20-9-8-17(16(20)25)7-6-13(22)19-17/h10-12H,1-9H2,(H2,18,23)(H,19,22)/t10-,11+,12-,17+/m0/s1. The third-order valence-electron chi connectivity index (χ3n) is 6.37. The number of carbonyl (C=O) groups excluding carboxylic acids is 4. The van der Waals surface area contributed by atoms with Crippen molar-refractivity contribution in [3.63, 3.8) is 0 Å².